The Morgan fingerprint density at radius 3 is 2.06 bits per heavy atom. The minimum absolute atomic E-state index is 0.120. The van der Waals surface area contributed by atoms with E-state index < -0.39 is 11.6 Å². The molecule has 0 radical (unpaired) electrons. The molecule has 0 aliphatic heterocycles. The molecule has 3 heteroatoms. The largest absolute Gasteiger partial charge is 0.207 e. The number of hydrogen-bond donors (Lipinski definition) is 0. The smallest absolute Gasteiger partial charge is 0.166 e. The summed E-state index contributed by atoms with van der Waals surface area (Å²) in [5.74, 6) is -0.705. The van der Waals surface area contributed by atoms with Gasteiger partial charge in [-0.3, -0.25) is 0 Å². The van der Waals surface area contributed by atoms with Gasteiger partial charge in [0.1, 0.15) is 5.82 Å². The van der Waals surface area contributed by atoms with Crippen LogP contribution in [0.15, 0.2) is 54.6 Å². The summed E-state index contributed by atoms with van der Waals surface area (Å²) in [6.45, 7) is 4.31. The number of halogens is 3. The molecule has 0 saturated heterocycles. The summed E-state index contributed by atoms with van der Waals surface area (Å²) in [6.07, 6.45) is 9.58. The van der Waals surface area contributed by atoms with E-state index in [4.69, 9.17) is 0 Å². The highest BCUT2D eigenvalue weighted by atomic mass is 19.2. The summed E-state index contributed by atoms with van der Waals surface area (Å²) >= 11 is 0. The molecule has 1 saturated carbocycles. The molecule has 0 N–H and O–H groups in total. The third-order valence-electron chi connectivity index (χ3n) is 7.86. The number of aryl methyl sites for hydroxylation is 3. The maximum absolute atomic E-state index is 15.1. The highest BCUT2D eigenvalue weighted by molar-refractivity contribution is 5.65. The summed E-state index contributed by atoms with van der Waals surface area (Å²) in [5.41, 5.74) is 4.37. The first-order valence-electron chi connectivity index (χ1n) is 13.3. The van der Waals surface area contributed by atoms with Crippen molar-refractivity contribution in [1.29, 1.82) is 0 Å². The van der Waals surface area contributed by atoms with E-state index in [0.717, 1.165) is 80.4 Å². The molecule has 0 unspecified atom stereocenters. The van der Waals surface area contributed by atoms with Gasteiger partial charge in [0.2, 0.25) is 0 Å². The maximum Gasteiger partial charge on any atom is 0.166 e. The number of benzene rings is 3. The zero-order valence-corrected chi connectivity index (χ0v) is 21.1. The van der Waals surface area contributed by atoms with Gasteiger partial charge in [0.25, 0.3) is 0 Å². The molecular formula is C32H37F3. The first-order valence-corrected chi connectivity index (χ1v) is 13.3. The topological polar surface area (TPSA) is 0 Å². The molecule has 0 heterocycles. The van der Waals surface area contributed by atoms with E-state index in [0.29, 0.717) is 16.7 Å². The van der Waals surface area contributed by atoms with Gasteiger partial charge in [-0.25, -0.2) is 13.2 Å². The molecule has 3 aromatic carbocycles. The van der Waals surface area contributed by atoms with Crippen molar-refractivity contribution in [2.24, 2.45) is 5.92 Å². The molecule has 0 aromatic heterocycles. The number of rotatable bonds is 9. The van der Waals surface area contributed by atoms with E-state index in [2.05, 4.69) is 13.8 Å². The Morgan fingerprint density at radius 2 is 1.40 bits per heavy atom. The quantitative estimate of drug-likeness (QED) is 0.287. The number of hydrogen-bond acceptors (Lipinski definition) is 0. The second-order valence-corrected chi connectivity index (χ2v) is 10.2. The van der Waals surface area contributed by atoms with Crippen LogP contribution >= 0.6 is 0 Å². The summed E-state index contributed by atoms with van der Waals surface area (Å²) < 4.78 is 44.4. The van der Waals surface area contributed by atoms with Crippen molar-refractivity contribution < 1.29 is 13.2 Å². The monoisotopic (exact) mass is 478 g/mol. The van der Waals surface area contributed by atoms with Crippen LogP contribution in [0.1, 0.15) is 87.0 Å². The average Bonchev–Trinajstić information content (AvgIpc) is 2.89. The average molecular weight is 479 g/mol. The zero-order valence-electron chi connectivity index (χ0n) is 21.1. The van der Waals surface area contributed by atoms with Crippen LogP contribution in [-0.2, 0) is 19.3 Å². The van der Waals surface area contributed by atoms with Gasteiger partial charge in [0.15, 0.2) is 11.6 Å². The maximum atomic E-state index is 15.1. The molecule has 186 valence electrons. The molecule has 3 aromatic rings. The fourth-order valence-electron chi connectivity index (χ4n) is 5.44. The first-order chi connectivity index (χ1) is 17.0. The van der Waals surface area contributed by atoms with Gasteiger partial charge < -0.3 is 0 Å². The van der Waals surface area contributed by atoms with Crippen molar-refractivity contribution in [2.75, 3.05) is 0 Å². The Labute approximate surface area is 208 Å². The van der Waals surface area contributed by atoms with E-state index >= 15 is 8.78 Å². The lowest BCUT2D eigenvalue weighted by Gasteiger charge is -2.28. The summed E-state index contributed by atoms with van der Waals surface area (Å²) in [7, 11) is 0. The van der Waals surface area contributed by atoms with E-state index in [1.165, 1.54) is 6.42 Å². The Balaban J connectivity index is 1.40. The Kier molecular flexibility index (Phi) is 8.70. The third kappa shape index (κ3) is 6.18. The van der Waals surface area contributed by atoms with E-state index in [1.807, 2.05) is 36.4 Å². The fraction of sp³-hybridized carbons (Fsp3) is 0.438. The lowest BCUT2D eigenvalue weighted by molar-refractivity contribution is 0.312. The van der Waals surface area contributed by atoms with Crippen molar-refractivity contribution >= 4 is 0 Å². The SMILES string of the molecule is CCCCc1ccc(CCc2ccc(-c3ccc(C4CCC(CC)CC4)c(F)c3F)cc2)cc1F. The molecule has 1 fully saturated rings. The van der Waals surface area contributed by atoms with Crippen molar-refractivity contribution in [3.63, 3.8) is 0 Å². The van der Waals surface area contributed by atoms with Gasteiger partial charge in [-0.15, -0.1) is 0 Å². The fourth-order valence-corrected chi connectivity index (χ4v) is 5.44. The lowest BCUT2D eigenvalue weighted by atomic mass is 9.77. The minimum Gasteiger partial charge on any atom is -0.207 e. The summed E-state index contributed by atoms with van der Waals surface area (Å²) in [5, 5.41) is 0. The Bertz CT molecular complexity index is 1110. The van der Waals surface area contributed by atoms with Crippen molar-refractivity contribution in [1.82, 2.24) is 0 Å². The normalized spacial score (nSPS) is 18.1. The van der Waals surface area contributed by atoms with Crippen LogP contribution in [0.2, 0.25) is 0 Å². The summed E-state index contributed by atoms with van der Waals surface area (Å²) in [4.78, 5) is 0. The van der Waals surface area contributed by atoms with Crippen molar-refractivity contribution in [2.45, 2.75) is 84.0 Å². The highest BCUT2D eigenvalue weighted by Crippen LogP contribution is 2.39. The van der Waals surface area contributed by atoms with E-state index in [9.17, 15) is 4.39 Å². The number of unbranched alkanes of at least 4 members (excludes halogenated alkanes) is 1. The Hall–Kier alpha value is -2.55. The lowest BCUT2D eigenvalue weighted by Crippen LogP contribution is -2.14. The van der Waals surface area contributed by atoms with Gasteiger partial charge in [0.05, 0.1) is 0 Å². The van der Waals surface area contributed by atoms with Crippen LogP contribution in [0.4, 0.5) is 13.2 Å². The van der Waals surface area contributed by atoms with Crippen molar-refractivity contribution in [3.8, 4) is 11.1 Å². The molecule has 1 aliphatic rings. The van der Waals surface area contributed by atoms with Gasteiger partial charge in [-0.2, -0.15) is 0 Å². The van der Waals surface area contributed by atoms with Gasteiger partial charge in [0, 0.05) is 5.56 Å². The standard InChI is InChI=1S/C32H37F3/c1-3-5-6-27-18-13-24(21-30(27)33)8-7-23-11-16-26(17-12-23)29-20-19-28(31(34)32(29)35)25-14-9-22(4-2)10-15-25/h11-13,16-22,25H,3-10,14-15H2,1-2H3. The molecule has 0 amide bonds. The van der Waals surface area contributed by atoms with Gasteiger partial charge in [-0.05, 0) is 97.1 Å². The first kappa shape index (κ1) is 25.5. The molecule has 35 heavy (non-hydrogen) atoms. The van der Waals surface area contributed by atoms with Crippen LogP contribution in [0.3, 0.4) is 0 Å². The molecule has 0 nitrogen and oxygen atoms in total. The van der Waals surface area contributed by atoms with Crippen LogP contribution in [0.5, 0.6) is 0 Å². The molecule has 0 spiro atoms. The van der Waals surface area contributed by atoms with Gasteiger partial charge >= 0.3 is 0 Å². The minimum atomic E-state index is -0.744. The Morgan fingerprint density at radius 1 is 0.714 bits per heavy atom. The molecule has 0 bridgehead atoms. The van der Waals surface area contributed by atoms with Crippen molar-refractivity contribution in [3.05, 3.63) is 94.3 Å². The predicted octanol–water partition coefficient (Wildman–Crippen LogP) is 9.58. The zero-order chi connectivity index (χ0) is 24.8. The van der Waals surface area contributed by atoms with Crippen LogP contribution in [0.25, 0.3) is 11.1 Å². The van der Waals surface area contributed by atoms with Crippen LogP contribution < -0.4 is 0 Å². The molecule has 1 aliphatic carbocycles. The van der Waals surface area contributed by atoms with Gasteiger partial charge in [-0.1, -0.05) is 75.2 Å². The highest BCUT2D eigenvalue weighted by Gasteiger charge is 2.26. The molecule has 4 rings (SSSR count). The summed E-state index contributed by atoms with van der Waals surface area (Å²) in [6, 6.07) is 16.7. The molecule has 0 atom stereocenters. The van der Waals surface area contributed by atoms with Crippen LogP contribution in [-0.4, -0.2) is 0 Å². The predicted molar refractivity (Wildman–Crippen MR) is 139 cm³/mol. The van der Waals surface area contributed by atoms with Crippen LogP contribution in [0, 0.1) is 23.4 Å². The second-order valence-electron chi connectivity index (χ2n) is 10.2. The molecular weight excluding hydrogens is 441 g/mol. The van der Waals surface area contributed by atoms with E-state index in [1.54, 1.807) is 18.2 Å². The third-order valence-corrected chi connectivity index (χ3v) is 7.86. The van der Waals surface area contributed by atoms with E-state index in [-0.39, 0.29) is 11.7 Å². The second kappa shape index (κ2) is 11.9.